The standard InChI is InChI=1S/C27H58O26Si12/c1-13-25(28)35-19-16-22-63-43-57(7,34)39-56(6,33)42-60(10,47-63)48-65(24-18-21-37-27(30)15-3)50-61(11)45-58(8)40-54(4,31)38-55(5,32)41-59(9,44-58)46-64(49-61,52-62(12,51-63)53-65)23-17-20-36-26(29)14-2/h13-15,31-34H,1-3,16-24H2,4-12H3/t54-,55+,56+,57-,58-,59-,60+,61-,62+,63-,64+,65-/m1/s1. The third-order valence-electron chi connectivity index (χ3n) is 8.81. The number of fused-ring (bicyclic) bond motifs is 8. The van der Waals surface area contributed by atoms with Gasteiger partial charge in [-0.05, 0) is 19.3 Å². The van der Waals surface area contributed by atoms with Crippen molar-refractivity contribution >= 4 is 124 Å². The van der Waals surface area contributed by atoms with Gasteiger partial charge in [0.15, 0.2) is 0 Å². The lowest BCUT2D eigenvalue weighted by Crippen LogP contribution is -2.83. The van der Waals surface area contributed by atoms with Gasteiger partial charge < -0.3 is 99.2 Å². The molecular weight excluding hydrogens is 1080 g/mol. The van der Waals surface area contributed by atoms with Crippen LogP contribution in [-0.2, 0) is 94.4 Å². The Labute approximate surface area is 389 Å². The van der Waals surface area contributed by atoms with Crippen molar-refractivity contribution in [3.05, 3.63) is 38.0 Å². The molecule has 0 amide bonds. The minimum absolute atomic E-state index is 0.0153. The summed E-state index contributed by atoms with van der Waals surface area (Å²) in [6.45, 7) is 21.6. The second kappa shape index (κ2) is 19.9. The molecule has 0 saturated carbocycles. The van der Waals surface area contributed by atoms with E-state index in [1.165, 1.54) is 58.9 Å². The lowest BCUT2D eigenvalue weighted by molar-refractivity contribution is -0.138. The minimum Gasteiger partial charge on any atom is -0.463 e. The van der Waals surface area contributed by atoms with E-state index in [9.17, 15) is 33.6 Å². The molecule has 5 fully saturated rings. The van der Waals surface area contributed by atoms with Gasteiger partial charge in [0.05, 0.1) is 19.8 Å². The molecule has 65 heavy (non-hydrogen) atoms. The first-order valence-corrected chi connectivity index (χ1v) is 46.1. The molecule has 0 aromatic heterocycles. The van der Waals surface area contributed by atoms with Crippen LogP contribution in [0.5, 0.6) is 0 Å². The number of carbonyl (C=O) groups is 3. The quantitative estimate of drug-likeness (QED) is 0.0573. The number of carbonyl (C=O) groups excluding carboxylic acids is 3. The fourth-order valence-corrected chi connectivity index (χ4v) is 67.8. The third-order valence-corrected chi connectivity index (χ3v) is 57.3. The van der Waals surface area contributed by atoms with E-state index >= 15 is 0 Å². The van der Waals surface area contributed by atoms with Crippen LogP contribution in [-0.4, -0.2) is 163 Å². The van der Waals surface area contributed by atoms with E-state index in [1.807, 2.05) is 0 Å². The highest BCUT2D eigenvalue weighted by Crippen LogP contribution is 2.48. The zero-order valence-electron chi connectivity index (χ0n) is 37.5. The Hall–Kier alpha value is -0.567. The summed E-state index contributed by atoms with van der Waals surface area (Å²) < 4.78 is 122. The van der Waals surface area contributed by atoms with Crippen LogP contribution >= 0.6 is 0 Å². The molecule has 12 atom stereocenters. The molecule has 5 aliphatic rings. The summed E-state index contributed by atoms with van der Waals surface area (Å²) in [5.41, 5.74) is 0. The maximum atomic E-state index is 12.2. The van der Waals surface area contributed by atoms with Gasteiger partial charge in [-0.15, -0.1) is 0 Å². The fourth-order valence-electron chi connectivity index (χ4n) is 7.56. The second-order valence-corrected chi connectivity index (χ2v) is 50.5. The molecular formula is C27H58O26Si12. The Balaban J connectivity index is 1.75. The van der Waals surface area contributed by atoms with E-state index in [4.69, 9.17) is 80.1 Å². The van der Waals surface area contributed by atoms with Crippen molar-refractivity contribution in [2.24, 2.45) is 0 Å². The van der Waals surface area contributed by atoms with Gasteiger partial charge in [0.2, 0.25) is 0 Å². The molecule has 26 nitrogen and oxygen atoms in total. The number of ether oxygens (including phenoxy) is 3. The van der Waals surface area contributed by atoms with Crippen LogP contribution in [0.3, 0.4) is 0 Å². The predicted octanol–water partition coefficient (Wildman–Crippen LogP) is 0.582. The molecule has 5 aliphatic heterocycles. The van der Waals surface area contributed by atoms with E-state index in [2.05, 4.69) is 19.7 Å². The summed E-state index contributed by atoms with van der Waals surface area (Å²) in [7, 11) is -54.5. The molecule has 5 saturated heterocycles. The van der Waals surface area contributed by atoms with Gasteiger partial charge in [-0.3, -0.25) is 0 Å². The first kappa shape index (κ1) is 55.4. The smallest absolute Gasteiger partial charge is 0.463 e. The van der Waals surface area contributed by atoms with Crippen LogP contribution in [0.1, 0.15) is 19.3 Å². The zero-order valence-corrected chi connectivity index (χ0v) is 49.5. The topological polar surface area (TPSA) is 308 Å². The van der Waals surface area contributed by atoms with E-state index in [1.54, 1.807) is 0 Å². The van der Waals surface area contributed by atoms with Crippen molar-refractivity contribution in [2.75, 3.05) is 19.8 Å². The highest BCUT2D eigenvalue weighted by molar-refractivity contribution is 7.00. The number of rotatable bonds is 15. The van der Waals surface area contributed by atoms with Crippen LogP contribution in [0.15, 0.2) is 38.0 Å². The fraction of sp³-hybridized carbons (Fsp3) is 0.667. The first-order valence-electron chi connectivity index (χ1n) is 20.2. The number of hydrogen-bond acceptors (Lipinski definition) is 26. The summed E-state index contributed by atoms with van der Waals surface area (Å²) in [5.74, 6) is -2.18. The average Bonchev–Trinajstić information content (AvgIpc) is 3.07. The molecule has 5 rings (SSSR count). The summed E-state index contributed by atoms with van der Waals surface area (Å²) in [4.78, 5) is 82.6. The highest BCUT2D eigenvalue weighted by Gasteiger charge is 2.77. The molecule has 0 unspecified atom stereocenters. The van der Waals surface area contributed by atoms with Gasteiger partial charge in [0, 0.05) is 95.3 Å². The average molecular weight is 1140 g/mol. The highest BCUT2D eigenvalue weighted by atomic mass is 28.6. The SMILES string of the molecule is C=CC(=O)OCCC[Si@@]12O[Si@](C)(O)O[Si@](C)(O)O[Si@@](C)(O1)O[Si@]1(CCCOC(=O)C=C)O[Si@]3(C)O[Si@]4(C)O[Si@](C)(O)O[Si@](C)(O)O[Si@](C)(O4)O[Si@@](CCCOC(=O)C=C)(O3)O[Si@](C)(O2)O1. The molecule has 0 aliphatic carbocycles. The maximum absolute atomic E-state index is 12.2. The van der Waals surface area contributed by atoms with Crippen LogP contribution in [0.4, 0.5) is 0 Å². The Morgan fingerprint density at radius 2 is 0.585 bits per heavy atom. The normalized spacial score (nSPS) is 45.4. The molecule has 370 valence electrons. The van der Waals surface area contributed by atoms with Gasteiger partial charge in [0.25, 0.3) is 0 Å². The zero-order chi connectivity index (χ0) is 48.7. The number of esters is 3. The van der Waals surface area contributed by atoms with Gasteiger partial charge in [0.1, 0.15) is 0 Å². The predicted molar refractivity (Wildman–Crippen MR) is 240 cm³/mol. The summed E-state index contributed by atoms with van der Waals surface area (Å²) in [6, 6.07) is -0.689. The Morgan fingerprint density at radius 1 is 0.369 bits per heavy atom. The molecule has 0 radical (unpaired) electrons. The van der Waals surface area contributed by atoms with Crippen molar-refractivity contribution in [3.8, 4) is 0 Å². The summed E-state index contributed by atoms with van der Waals surface area (Å²) >= 11 is 0. The lowest BCUT2D eigenvalue weighted by atomic mass is 10.5. The first-order chi connectivity index (χ1) is 29.7. The van der Waals surface area contributed by atoms with Crippen molar-refractivity contribution < 1.29 is 114 Å². The third kappa shape index (κ3) is 15.2. The Kier molecular flexibility index (Phi) is 17.0. The van der Waals surface area contributed by atoms with Crippen LogP contribution in [0, 0.1) is 0 Å². The van der Waals surface area contributed by atoms with Crippen molar-refractivity contribution in [1.82, 2.24) is 0 Å². The van der Waals surface area contributed by atoms with E-state index in [0.717, 1.165) is 18.2 Å². The number of hydrogen-bond donors (Lipinski definition) is 4. The van der Waals surface area contributed by atoms with E-state index < -0.39 is 124 Å². The summed E-state index contributed by atoms with van der Waals surface area (Å²) in [5, 5.41) is 0. The second-order valence-electron chi connectivity index (χ2n) is 16.0. The Morgan fingerprint density at radius 3 is 0.877 bits per heavy atom. The molecule has 4 N–H and O–H groups in total. The van der Waals surface area contributed by atoms with Crippen LogP contribution < -0.4 is 0 Å². The minimum atomic E-state index is -4.73. The van der Waals surface area contributed by atoms with Crippen LogP contribution in [0.25, 0.3) is 0 Å². The van der Waals surface area contributed by atoms with Gasteiger partial charge in [-0.1, -0.05) is 19.7 Å². The van der Waals surface area contributed by atoms with Gasteiger partial charge in [-0.25, -0.2) is 14.4 Å². The van der Waals surface area contributed by atoms with Crippen molar-refractivity contribution in [3.63, 3.8) is 0 Å². The largest absolute Gasteiger partial charge is 0.480 e. The van der Waals surface area contributed by atoms with E-state index in [0.29, 0.717) is 0 Å². The van der Waals surface area contributed by atoms with Crippen LogP contribution in [0.2, 0.25) is 77.1 Å². The maximum Gasteiger partial charge on any atom is 0.480 e. The monoisotopic (exact) mass is 1130 g/mol. The van der Waals surface area contributed by atoms with Gasteiger partial charge >= 0.3 is 124 Å². The molecule has 0 aromatic carbocycles. The molecule has 8 bridgehead atoms. The molecule has 0 aromatic rings. The molecule has 0 spiro atoms. The Bertz CT molecular complexity index is 1810. The van der Waals surface area contributed by atoms with Crippen molar-refractivity contribution in [1.29, 1.82) is 0 Å². The van der Waals surface area contributed by atoms with E-state index in [-0.39, 0.29) is 57.2 Å². The summed E-state index contributed by atoms with van der Waals surface area (Å²) in [6.07, 6.45) is 2.88. The van der Waals surface area contributed by atoms with Gasteiger partial charge in [-0.2, -0.15) is 0 Å². The lowest BCUT2D eigenvalue weighted by Gasteiger charge is -2.57. The van der Waals surface area contributed by atoms with Crippen molar-refractivity contribution in [2.45, 2.75) is 96.3 Å². The molecule has 38 heteroatoms. The molecule has 5 heterocycles.